The maximum atomic E-state index is 12.2. The van der Waals surface area contributed by atoms with E-state index in [1.165, 1.54) is 0 Å². The number of carbonyl (C=O) groups excluding carboxylic acids is 1. The topological polar surface area (TPSA) is 33.2 Å². The lowest BCUT2D eigenvalue weighted by molar-refractivity contribution is 0.0993. The lowest BCUT2D eigenvalue weighted by Gasteiger charge is -2.17. The number of aromatic nitrogens is 1. The summed E-state index contributed by atoms with van der Waals surface area (Å²) in [5.74, 6) is -0.0562. The van der Waals surface area contributed by atoms with E-state index in [0.29, 0.717) is 10.2 Å². The Hall–Kier alpha value is -1.68. The molecule has 4 heteroatoms. The first-order valence-electron chi connectivity index (χ1n) is 5.13. The van der Waals surface area contributed by atoms with Crippen LogP contribution in [0.3, 0.4) is 0 Å². The molecule has 3 nitrogen and oxygen atoms in total. The van der Waals surface area contributed by atoms with Gasteiger partial charge in [0.15, 0.2) is 0 Å². The van der Waals surface area contributed by atoms with Crippen LogP contribution in [0.5, 0.6) is 0 Å². The van der Waals surface area contributed by atoms with E-state index in [9.17, 15) is 4.79 Å². The number of halogens is 1. The fraction of sp³-hybridized carbons (Fsp3) is 0.0769. The zero-order chi connectivity index (χ0) is 12.3. The molecule has 86 valence electrons. The standard InChI is InChI=1S/C13H11BrN2O/c1-16(11-5-3-2-4-6-11)13(17)10-7-8-15-12(14)9-10/h2-9H,1H3. The van der Waals surface area contributed by atoms with Crippen LogP contribution >= 0.6 is 15.9 Å². The lowest BCUT2D eigenvalue weighted by Crippen LogP contribution is -2.26. The number of hydrogen-bond donors (Lipinski definition) is 0. The van der Waals surface area contributed by atoms with Crippen molar-refractivity contribution < 1.29 is 4.79 Å². The van der Waals surface area contributed by atoms with E-state index in [2.05, 4.69) is 20.9 Å². The van der Waals surface area contributed by atoms with Crippen molar-refractivity contribution in [2.24, 2.45) is 0 Å². The van der Waals surface area contributed by atoms with Crippen molar-refractivity contribution >= 4 is 27.5 Å². The Bertz CT molecular complexity index is 528. The quantitative estimate of drug-likeness (QED) is 0.796. The van der Waals surface area contributed by atoms with Crippen LogP contribution in [-0.4, -0.2) is 17.9 Å². The van der Waals surface area contributed by atoms with Crippen LogP contribution in [0, 0.1) is 0 Å². The molecule has 0 atom stereocenters. The van der Waals surface area contributed by atoms with Crippen LogP contribution in [0.1, 0.15) is 10.4 Å². The molecule has 0 bridgehead atoms. The summed E-state index contributed by atoms with van der Waals surface area (Å²) in [6, 6.07) is 12.9. The molecule has 2 rings (SSSR count). The number of pyridine rings is 1. The summed E-state index contributed by atoms with van der Waals surface area (Å²) in [5, 5.41) is 0. The molecule has 0 saturated heterocycles. The van der Waals surface area contributed by atoms with Gasteiger partial charge in [-0.2, -0.15) is 0 Å². The predicted molar refractivity (Wildman–Crippen MR) is 71.1 cm³/mol. The van der Waals surface area contributed by atoms with Crippen LogP contribution < -0.4 is 4.90 Å². The maximum absolute atomic E-state index is 12.2. The minimum atomic E-state index is -0.0562. The molecule has 1 aromatic heterocycles. The fourth-order valence-corrected chi connectivity index (χ4v) is 1.86. The second kappa shape index (κ2) is 5.10. The van der Waals surface area contributed by atoms with Crippen LogP contribution in [0.4, 0.5) is 5.69 Å². The molecule has 0 saturated carbocycles. The van der Waals surface area contributed by atoms with Gasteiger partial charge in [0.2, 0.25) is 0 Å². The van der Waals surface area contributed by atoms with E-state index in [1.54, 1.807) is 30.3 Å². The number of amides is 1. The highest BCUT2D eigenvalue weighted by molar-refractivity contribution is 9.10. The maximum Gasteiger partial charge on any atom is 0.258 e. The van der Waals surface area contributed by atoms with Gasteiger partial charge in [0, 0.05) is 24.5 Å². The highest BCUT2D eigenvalue weighted by atomic mass is 79.9. The molecule has 0 N–H and O–H groups in total. The van der Waals surface area contributed by atoms with Crippen LogP contribution in [-0.2, 0) is 0 Å². The Labute approximate surface area is 108 Å². The van der Waals surface area contributed by atoms with E-state index in [4.69, 9.17) is 0 Å². The van der Waals surface area contributed by atoms with Gasteiger partial charge in [-0.25, -0.2) is 4.98 Å². The normalized spacial score (nSPS) is 10.0. The van der Waals surface area contributed by atoms with Gasteiger partial charge >= 0.3 is 0 Å². The van der Waals surface area contributed by atoms with Gasteiger partial charge < -0.3 is 4.90 Å². The molecule has 1 amide bonds. The van der Waals surface area contributed by atoms with Gasteiger partial charge in [0.1, 0.15) is 4.60 Å². The number of rotatable bonds is 2. The highest BCUT2D eigenvalue weighted by Gasteiger charge is 2.13. The summed E-state index contributed by atoms with van der Waals surface area (Å²) in [7, 11) is 1.76. The average Bonchev–Trinajstić information content (AvgIpc) is 2.38. The van der Waals surface area contributed by atoms with Crippen molar-refractivity contribution in [1.82, 2.24) is 4.98 Å². The molecular formula is C13H11BrN2O. The number of carbonyl (C=O) groups is 1. The van der Waals surface area contributed by atoms with Crippen molar-refractivity contribution in [2.45, 2.75) is 0 Å². The average molecular weight is 291 g/mol. The first-order chi connectivity index (χ1) is 8.18. The van der Waals surface area contributed by atoms with Gasteiger partial charge in [-0.1, -0.05) is 18.2 Å². The lowest BCUT2D eigenvalue weighted by atomic mass is 10.2. The Balaban J connectivity index is 2.27. The van der Waals surface area contributed by atoms with Crippen LogP contribution in [0.25, 0.3) is 0 Å². The summed E-state index contributed by atoms with van der Waals surface area (Å²) in [5.41, 5.74) is 1.48. The first-order valence-corrected chi connectivity index (χ1v) is 5.92. The summed E-state index contributed by atoms with van der Waals surface area (Å²) < 4.78 is 0.657. The Morgan fingerprint density at radius 1 is 1.24 bits per heavy atom. The summed E-state index contributed by atoms with van der Waals surface area (Å²) in [4.78, 5) is 17.8. The third-order valence-electron chi connectivity index (χ3n) is 2.42. The third kappa shape index (κ3) is 2.71. The molecule has 1 heterocycles. The van der Waals surface area contributed by atoms with Crippen LogP contribution in [0.15, 0.2) is 53.3 Å². The number of anilines is 1. The molecule has 0 radical (unpaired) electrons. The van der Waals surface area contributed by atoms with Crippen molar-refractivity contribution in [1.29, 1.82) is 0 Å². The van der Waals surface area contributed by atoms with E-state index < -0.39 is 0 Å². The van der Waals surface area contributed by atoms with E-state index in [-0.39, 0.29) is 5.91 Å². The minimum absolute atomic E-state index is 0.0562. The SMILES string of the molecule is CN(C(=O)c1ccnc(Br)c1)c1ccccc1. The number of para-hydroxylation sites is 1. The second-order valence-corrected chi connectivity index (χ2v) is 4.38. The predicted octanol–water partition coefficient (Wildman–Crippen LogP) is 3.12. The smallest absolute Gasteiger partial charge is 0.258 e. The number of hydrogen-bond acceptors (Lipinski definition) is 2. The van der Waals surface area contributed by atoms with E-state index in [0.717, 1.165) is 5.69 Å². The third-order valence-corrected chi connectivity index (χ3v) is 2.86. The highest BCUT2D eigenvalue weighted by Crippen LogP contribution is 2.16. The molecule has 0 aliphatic heterocycles. The zero-order valence-corrected chi connectivity index (χ0v) is 10.9. The molecule has 1 aromatic carbocycles. The van der Waals surface area contributed by atoms with Crippen molar-refractivity contribution in [3.8, 4) is 0 Å². The molecule has 17 heavy (non-hydrogen) atoms. The van der Waals surface area contributed by atoms with Gasteiger partial charge in [0.05, 0.1) is 0 Å². The fourth-order valence-electron chi connectivity index (χ4n) is 1.50. The molecule has 0 fully saturated rings. The molecule has 0 aliphatic rings. The number of nitrogens with zero attached hydrogens (tertiary/aromatic N) is 2. The molecule has 0 aliphatic carbocycles. The van der Waals surface area contributed by atoms with E-state index >= 15 is 0 Å². The molecule has 0 unspecified atom stereocenters. The zero-order valence-electron chi connectivity index (χ0n) is 9.30. The number of benzene rings is 1. The summed E-state index contributed by atoms with van der Waals surface area (Å²) in [6.07, 6.45) is 1.61. The molecule has 2 aromatic rings. The second-order valence-electron chi connectivity index (χ2n) is 3.57. The van der Waals surface area contributed by atoms with Gasteiger partial charge in [0.25, 0.3) is 5.91 Å². The summed E-state index contributed by atoms with van der Waals surface area (Å²) in [6.45, 7) is 0. The van der Waals surface area contributed by atoms with Crippen molar-refractivity contribution in [3.63, 3.8) is 0 Å². The Kier molecular flexibility index (Phi) is 3.54. The monoisotopic (exact) mass is 290 g/mol. The van der Waals surface area contributed by atoms with E-state index in [1.807, 2.05) is 30.3 Å². The van der Waals surface area contributed by atoms with Crippen molar-refractivity contribution in [3.05, 3.63) is 58.8 Å². The van der Waals surface area contributed by atoms with Crippen molar-refractivity contribution in [2.75, 3.05) is 11.9 Å². The molecule has 0 spiro atoms. The Morgan fingerprint density at radius 3 is 2.59 bits per heavy atom. The van der Waals surface area contributed by atoms with Crippen LogP contribution in [0.2, 0.25) is 0 Å². The largest absolute Gasteiger partial charge is 0.311 e. The Morgan fingerprint density at radius 2 is 1.94 bits per heavy atom. The van der Waals surface area contributed by atoms with Gasteiger partial charge in [-0.05, 0) is 40.2 Å². The minimum Gasteiger partial charge on any atom is -0.311 e. The summed E-state index contributed by atoms with van der Waals surface area (Å²) >= 11 is 3.25. The first kappa shape index (κ1) is 11.8. The van der Waals surface area contributed by atoms with Gasteiger partial charge in [-0.3, -0.25) is 4.79 Å². The molecular weight excluding hydrogens is 280 g/mol. The van der Waals surface area contributed by atoms with Gasteiger partial charge in [-0.15, -0.1) is 0 Å².